The first-order valence-corrected chi connectivity index (χ1v) is 9.60. The van der Waals surface area contributed by atoms with Gasteiger partial charge in [-0.3, -0.25) is 0 Å². The Morgan fingerprint density at radius 1 is 1.21 bits per heavy atom. The third-order valence-corrected chi connectivity index (χ3v) is 5.00. The zero-order valence-electron chi connectivity index (χ0n) is 17.0. The molecule has 0 spiro atoms. The summed E-state index contributed by atoms with van der Waals surface area (Å²) < 4.78 is 0. The lowest BCUT2D eigenvalue weighted by Crippen LogP contribution is -2.41. The van der Waals surface area contributed by atoms with Crippen molar-refractivity contribution in [3.63, 3.8) is 0 Å². The maximum Gasteiger partial charge on any atom is 0.156 e. The Morgan fingerprint density at radius 3 is 2.57 bits per heavy atom. The van der Waals surface area contributed by atoms with E-state index >= 15 is 0 Å². The fourth-order valence-corrected chi connectivity index (χ4v) is 3.60. The highest BCUT2D eigenvalue weighted by Gasteiger charge is 2.32. The number of imidazole rings is 1. The number of aliphatic imine (C=N–C) groups is 2. The number of amidine groups is 2. The largest absolute Gasteiger partial charge is 0.355 e. The van der Waals surface area contributed by atoms with Crippen LogP contribution in [0.1, 0.15) is 51.9 Å². The molecule has 1 fully saturated rings. The van der Waals surface area contributed by atoms with Gasteiger partial charge in [-0.05, 0) is 52.2 Å². The molecule has 0 aliphatic carbocycles. The second-order valence-corrected chi connectivity index (χ2v) is 7.63. The molecule has 0 amide bonds. The monoisotopic (exact) mass is 376 g/mol. The molecule has 1 aliphatic rings. The van der Waals surface area contributed by atoms with E-state index in [0.717, 1.165) is 17.9 Å². The Balaban J connectivity index is 1.90. The molecule has 146 valence electrons. The van der Waals surface area contributed by atoms with Gasteiger partial charge in [0, 0.05) is 24.5 Å². The molecule has 6 heteroatoms. The van der Waals surface area contributed by atoms with Gasteiger partial charge in [0.1, 0.15) is 17.4 Å². The molecule has 3 rings (SSSR count). The van der Waals surface area contributed by atoms with Gasteiger partial charge >= 0.3 is 0 Å². The molecule has 1 aromatic carbocycles. The third-order valence-electron chi connectivity index (χ3n) is 5.00. The number of rotatable bonds is 4. The van der Waals surface area contributed by atoms with Crippen LogP contribution < -0.4 is 0 Å². The van der Waals surface area contributed by atoms with Gasteiger partial charge in [-0.2, -0.15) is 0 Å². The number of aromatic amines is 1. The van der Waals surface area contributed by atoms with Crippen molar-refractivity contribution in [1.29, 1.82) is 5.41 Å². The number of benzene rings is 1. The number of nitrogens with zero attached hydrogens (tertiary/aromatic N) is 4. The SMILES string of the molecule is CC(=N/C(=C/C(=N)c1ccccc1)c1ncc[nH]1)N=C(C)N1CCCC1(C)C. The highest BCUT2D eigenvalue weighted by molar-refractivity contribution is 6.10. The van der Waals surface area contributed by atoms with Crippen LogP contribution in [0.3, 0.4) is 0 Å². The van der Waals surface area contributed by atoms with E-state index in [1.54, 1.807) is 18.5 Å². The molecule has 28 heavy (non-hydrogen) atoms. The van der Waals surface area contributed by atoms with Crippen molar-refractivity contribution < 1.29 is 0 Å². The fraction of sp³-hybridized carbons (Fsp3) is 0.364. The smallest absolute Gasteiger partial charge is 0.156 e. The van der Waals surface area contributed by atoms with Gasteiger partial charge in [0.15, 0.2) is 5.82 Å². The van der Waals surface area contributed by atoms with Gasteiger partial charge in [-0.15, -0.1) is 0 Å². The topological polar surface area (TPSA) is 80.5 Å². The summed E-state index contributed by atoms with van der Waals surface area (Å²) in [6, 6.07) is 9.60. The van der Waals surface area contributed by atoms with Crippen molar-refractivity contribution in [3.8, 4) is 0 Å². The molecular weight excluding hydrogens is 348 g/mol. The Morgan fingerprint density at radius 2 is 1.96 bits per heavy atom. The van der Waals surface area contributed by atoms with E-state index in [1.807, 2.05) is 44.2 Å². The first-order chi connectivity index (χ1) is 13.4. The van der Waals surface area contributed by atoms with Gasteiger partial charge < -0.3 is 15.3 Å². The average molecular weight is 377 g/mol. The summed E-state index contributed by atoms with van der Waals surface area (Å²) in [6.07, 6.45) is 7.51. The van der Waals surface area contributed by atoms with Gasteiger partial charge in [-0.25, -0.2) is 15.0 Å². The first kappa shape index (κ1) is 19.7. The van der Waals surface area contributed by atoms with Gasteiger partial charge in [0.2, 0.25) is 0 Å². The van der Waals surface area contributed by atoms with Crippen molar-refractivity contribution >= 4 is 23.1 Å². The minimum Gasteiger partial charge on any atom is -0.355 e. The molecule has 0 atom stereocenters. The molecule has 0 unspecified atom stereocenters. The van der Waals surface area contributed by atoms with Crippen molar-refractivity contribution in [2.45, 2.75) is 46.1 Å². The number of allylic oxidation sites excluding steroid dienone is 1. The zero-order valence-corrected chi connectivity index (χ0v) is 17.0. The van der Waals surface area contributed by atoms with E-state index in [2.05, 4.69) is 33.7 Å². The summed E-state index contributed by atoms with van der Waals surface area (Å²) in [7, 11) is 0. The Labute approximate surface area is 166 Å². The van der Waals surface area contributed by atoms with Crippen LogP contribution in [0.15, 0.2) is 58.8 Å². The molecule has 1 aromatic heterocycles. The molecule has 2 aromatic rings. The van der Waals surface area contributed by atoms with E-state index < -0.39 is 0 Å². The van der Waals surface area contributed by atoms with Gasteiger partial charge in [0.05, 0.1) is 5.71 Å². The average Bonchev–Trinajstić information content (AvgIpc) is 3.31. The van der Waals surface area contributed by atoms with Crippen LogP contribution in [0.2, 0.25) is 0 Å². The van der Waals surface area contributed by atoms with Crippen molar-refractivity contribution in [2.24, 2.45) is 9.98 Å². The van der Waals surface area contributed by atoms with Crippen LogP contribution >= 0.6 is 0 Å². The predicted molar refractivity (Wildman–Crippen MR) is 116 cm³/mol. The van der Waals surface area contributed by atoms with Crippen molar-refractivity contribution in [3.05, 3.63) is 60.2 Å². The molecule has 0 bridgehead atoms. The number of likely N-dealkylation sites (tertiary alicyclic amines) is 1. The Bertz CT molecular complexity index is 904. The van der Waals surface area contributed by atoms with Crippen molar-refractivity contribution in [2.75, 3.05) is 6.54 Å². The summed E-state index contributed by atoms with van der Waals surface area (Å²) in [6.45, 7) is 9.45. The molecule has 6 nitrogen and oxygen atoms in total. The maximum absolute atomic E-state index is 8.41. The van der Waals surface area contributed by atoms with E-state index in [-0.39, 0.29) is 5.54 Å². The van der Waals surface area contributed by atoms with Crippen LogP contribution in [-0.4, -0.2) is 44.3 Å². The summed E-state index contributed by atoms with van der Waals surface area (Å²) >= 11 is 0. The number of H-pyrrole nitrogens is 1. The number of hydrogen-bond donors (Lipinski definition) is 2. The Hall–Kier alpha value is -3.02. The molecule has 0 saturated carbocycles. The van der Waals surface area contributed by atoms with E-state index in [0.29, 0.717) is 23.1 Å². The predicted octanol–water partition coefficient (Wildman–Crippen LogP) is 4.53. The molecular formula is C22H28N6. The lowest BCUT2D eigenvalue weighted by atomic mass is 10.0. The lowest BCUT2D eigenvalue weighted by Gasteiger charge is -2.33. The highest BCUT2D eigenvalue weighted by Crippen LogP contribution is 2.28. The summed E-state index contributed by atoms with van der Waals surface area (Å²) in [5.74, 6) is 2.23. The Kier molecular flexibility index (Phi) is 5.87. The molecule has 1 aliphatic heterocycles. The number of nitrogens with one attached hydrogen (secondary N) is 2. The third kappa shape index (κ3) is 4.63. The number of hydrogen-bond acceptors (Lipinski definition) is 3. The molecule has 1 saturated heterocycles. The van der Waals surface area contributed by atoms with Crippen LogP contribution in [0, 0.1) is 5.41 Å². The minimum absolute atomic E-state index is 0.128. The van der Waals surface area contributed by atoms with Gasteiger partial charge in [-0.1, -0.05) is 30.3 Å². The lowest BCUT2D eigenvalue weighted by molar-refractivity contribution is 0.280. The van der Waals surface area contributed by atoms with Crippen LogP contribution in [0.5, 0.6) is 0 Å². The van der Waals surface area contributed by atoms with E-state index in [9.17, 15) is 0 Å². The quantitative estimate of drug-likeness (QED) is 0.607. The van der Waals surface area contributed by atoms with Crippen LogP contribution in [0.25, 0.3) is 5.70 Å². The summed E-state index contributed by atoms with van der Waals surface area (Å²) in [4.78, 5) is 19.1. The summed E-state index contributed by atoms with van der Waals surface area (Å²) in [5.41, 5.74) is 1.93. The second-order valence-electron chi connectivity index (χ2n) is 7.63. The minimum atomic E-state index is 0.128. The normalized spacial score (nSPS) is 17.9. The zero-order chi connectivity index (χ0) is 20.1. The van der Waals surface area contributed by atoms with Crippen molar-refractivity contribution in [1.82, 2.24) is 14.9 Å². The first-order valence-electron chi connectivity index (χ1n) is 9.60. The van der Waals surface area contributed by atoms with Crippen LogP contribution in [-0.2, 0) is 0 Å². The summed E-state index contributed by atoms with van der Waals surface area (Å²) in [5, 5.41) is 8.41. The highest BCUT2D eigenvalue weighted by atomic mass is 15.3. The molecule has 2 N–H and O–H groups in total. The number of aromatic nitrogens is 2. The molecule has 0 radical (unpaired) electrons. The fourth-order valence-electron chi connectivity index (χ4n) is 3.60. The van der Waals surface area contributed by atoms with Crippen LogP contribution in [0.4, 0.5) is 0 Å². The van der Waals surface area contributed by atoms with E-state index in [1.165, 1.54) is 12.8 Å². The standard InChI is InChI=1S/C22H28N6/c1-16(26-17(2)28-14-8-11-22(28,3)4)27-20(21-24-12-13-25-21)15-19(23)18-9-6-5-7-10-18/h5-7,9-10,12-13,15,23H,8,11,14H2,1-4H3,(H,24,25)/b20-15+,23-19?,26-17?,27-16?. The maximum atomic E-state index is 8.41. The van der Waals surface area contributed by atoms with E-state index in [4.69, 9.17) is 10.4 Å². The second kappa shape index (κ2) is 8.33. The molecule has 2 heterocycles. The van der Waals surface area contributed by atoms with Gasteiger partial charge in [0.25, 0.3) is 0 Å².